The molecule has 3 rings (SSSR count). The van der Waals surface area contributed by atoms with Gasteiger partial charge in [-0.1, -0.05) is 24.3 Å². The number of halogens is 1. The normalized spacial score (nSPS) is 21.0. The fourth-order valence-electron chi connectivity index (χ4n) is 3.43. The molecule has 1 heterocycles. The second kappa shape index (κ2) is 7.46. The molecule has 1 aliphatic rings. The van der Waals surface area contributed by atoms with Crippen LogP contribution in [0.4, 0.5) is 10.1 Å². The molecule has 2 amide bonds. The molecule has 1 fully saturated rings. The summed E-state index contributed by atoms with van der Waals surface area (Å²) in [6, 6.07) is 11.8. The van der Waals surface area contributed by atoms with Gasteiger partial charge in [0.1, 0.15) is 17.1 Å². The predicted octanol–water partition coefficient (Wildman–Crippen LogP) is 3.01. The smallest absolute Gasteiger partial charge is 0.276 e. The molecule has 0 radical (unpaired) electrons. The number of benzene rings is 2. The van der Waals surface area contributed by atoms with Crippen LogP contribution >= 0.6 is 0 Å². The van der Waals surface area contributed by atoms with Gasteiger partial charge in [0.05, 0.1) is 10.5 Å². The zero-order chi connectivity index (χ0) is 21.3. The van der Waals surface area contributed by atoms with Crippen LogP contribution in [-0.2, 0) is 16.0 Å². The van der Waals surface area contributed by atoms with Gasteiger partial charge in [0.25, 0.3) is 17.5 Å². The van der Waals surface area contributed by atoms with Crippen molar-refractivity contribution in [3.8, 4) is 0 Å². The van der Waals surface area contributed by atoms with Crippen molar-refractivity contribution in [3.63, 3.8) is 0 Å². The molecule has 1 aliphatic heterocycles. The van der Waals surface area contributed by atoms with E-state index in [2.05, 4.69) is 0 Å². The fourth-order valence-corrected chi connectivity index (χ4v) is 3.43. The fraction of sp³-hybridized carbons (Fsp3) is 0.238. The van der Waals surface area contributed by atoms with Crippen LogP contribution in [0.2, 0.25) is 0 Å². The number of nitro groups is 1. The molecule has 29 heavy (non-hydrogen) atoms. The van der Waals surface area contributed by atoms with Crippen LogP contribution in [0.5, 0.6) is 0 Å². The van der Waals surface area contributed by atoms with Gasteiger partial charge in [-0.2, -0.15) is 0 Å². The average Bonchev–Trinajstić information content (AvgIpc) is 2.70. The Morgan fingerprint density at radius 1 is 1.10 bits per heavy atom. The SMILES string of the molecule is CN1C(=O)C(C)(Cc2ccc(F)cc2)N(C)C(=O)/C1=C\c1ccccc1[N+](=O)[O-]. The van der Waals surface area contributed by atoms with Crippen molar-refractivity contribution in [3.05, 3.63) is 81.3 Å². The van der Waals surface area contributed by atoms with Crippen LogP contribution in [-0.4, -0.2) is 46.2 Å². The highest BCUT2D eigenvalue weighted by Crippen LogP contribution is 2.32. The van der Waals surface area contributed by atoms with Gasteiger partial charge in [-0.15, -0.1) is 0 Å². The summed E-state index contributed by atoms with van der Waals surface area (Å²) in [4.78, 5) is 39.5. The van der Waals surface area contributed by atoms with Crippen LogP contribution in [0, 0.1) is 15.9 Å². The first kappa shape index (κ1) is 20.2. The van der Waals surface area contributed by atoms with Gasteiger partial charge < -0.3 is 9.80 Å². The lowest BCUT2D eigenvalue weighted by atomic mass is 9.87. The lowest BCUT2D eigenvalue weighted by Crippen LogP contribution is -2.64. The quantitative estimate of drug-likeness (QED) is 0.451. The summed E-state index contributed by atoms with van der Waals surface area (Å²) in [5, 5.41) is 11.3. The highest BCUT2D eigenvalue weighted by molar-refractivity contribution is 6.09. The highest BCUT2D eigenvalue weighted by Gasteiger charge is 2.48. The first-order valence-corrected chi connectivity index (χ1v) is 8.91. The minimum absolute atomic E-state index is 0.0448. The van der Waals surface area contributed by atoms with Gasteiger partial charge in [0.15, 0.2) is 0 Å². The molecule has 1 atom stereocenters. The van der Waals surface area contributed by atoms with Crippen molar-refractivity contribution in [2.45, 2.75) is 18.9 Å². The molecule has 0 N–H and O–H groups in total. The molecule has 1 unspecified atom stereocenters. The minimum atomic E-state index is -1.18. The highest BCUT2D eigenvalue weighted by atomic mass is 19.1. The molecule has 150 valence electrons. The molecule has 2 aromatic rings. The van der Waals surface area contributed by atoms with Gasteiger partial charge in [0.2, 0.25) is 0 Å². The van der Waals surface area contributed by atoms with E-state index in [1.807, 2.05) is 0 Å². The number of likely N-dealkylation sites (N-methyl/N-ethyl adjacent to an activating group) is 2. The van der Waals surface area contributed by atoms with Crippen molar-refractivity contribution in [1.82, 2.24) is 9.80 Å². The standard InChI is InChI=1S/C21H20FN3O4/c1-21(13-14-8-10-16(22)11-9-14)20(27)23(2)18(19(26)24(21)3)12-15-6-4-5-7-17(15)25(28)29/h4-12H,13H2,1-3H3/b18-12+. The second-order valence-corrected chi connectivity index (χ2v) is 7.15. The van der Waals surface area contributed by atoms with Crippen LogP contribution in [0.1, 0.15) is 18.1 Å². The van der Waals surface area contributed by atoms with Gasteiger partial charge in [-0.25, -0.2) is 4.39 Å². The van der Waals surface area contributed by atoms with Crippen molar-refractivity contribution in [1.29, 1.82) is 0 Å². The van der Waals surface area contributed by atoms with Crippen molar-refractivity contribution < 1.29 is 18.9 Å². The molecule has 0 aromatic heterocycles. The number of carbonyl (C=O) groups is 2. The lowest BCUT2D eigenvalue weighted by Gasteiger charge is -2.45. The number of carbonyl (C=O) groups excluding carboxylic acids is 2. The Morgan fingerprint density at radius 2 is 1.72 bits per heavy atom. The Bertz CT molecular complexity index is 1020. The van der Waals surface area contributed by atoms with E-state index in [9.17, 15) is 24.1 Å². The Labute approximate surface area is 167 Å². The van der Waals surface area contributed by atoms with E-state index in [0.717, 1.165) is 0 Å². The number of hydrogen-bond donors (Lipinski definition) is 0. The van der Waals surface area contributed by atoms with E-state index < -0.39 is 16.4 Å². The van der Waals surface area contributed by atoms with Crippen LogP contribution in [0.15, 0.2) is 54.2 Å². The first-order valence-electron chi connectivity index (χ1n) is 8.91. The van der Waals surface area contributed by atoms with E-state index in [4.69, 9.17) is 0 Å². The Hall–Kier alpha value is -3.55. The largest absolute Gasteiger partial charge is 0.326 e. The molecule has 0 spiro atoms. The van der Waals surface area contributed by atoms with Crippen LogP contribution < -0.4 is 0 Å². The van der Waals surface area contributed by atoms with E-state index in [1.54, 1.807) is 25.1 Å². The summed E-state index contributed by atoms with van der Waals surface area (Å²) in [7, 11) is 2.99. The number of para-hydroxylation sites is 1. The maximum Gasteiger partial charge on any atom is 0.276 e. The third-order valence-electron chi connectivity index (χ3n) is 5.28. The van der Waals surface area contributed by atoms with Gasteiger partial charge in [0, 0.05) is 26.6 Å². The summed E-state index contributed by atoms with van der Waals surface area (Å²) in [6.07, 6.45) is 1.56. The van der Waals surface area contributed by atoms with E-state index >= 15 is 0 Å². The van der Waals surface area contributed by atoms with Gasteiger partial charge in [-0.05, 0) is 36.8 Å². The van der Waals surface area contributed by atoms with E-state index in [-0.39, 0.29) is 35.1 Å². The third kappa shape index (κ3) is 3.61. The van der Waals surface area contributed by atoms with Gasteiger partial charge >= 0.3 is 0 Å². The number of piperazine rings is 1. The number of rotatable bonds is 4. The summed E-state index contributed by atoms with van der Waals surface area (Å²) in [6.45, 7) is 1.65. The zero-order valence-electron chi connectivity index (χ0n) is 16.3. The number of amides is 2. The lowest BCUT2D eigenvalue weighted by molar-refractivity contribution is -0.385. The van der Waals surface area contributed by atoms with Crippen molar-refractivity contribution in [2.24, 2.45) is 0 Å². The number of hydrogen-bond acceptors (Lipinski definition) is 4. The Kier molecular flexibility index (Phi) is 5.19. The van der Waals surface area contributed by atoms with Crippen LogP contribution in [0.3, 0.4) is 0 Å². The molecule has 0 bridgehead atoms. The molecular formula is C21H20FN3O4. The van der Waals surface area contributed by atoms with Crippen molar-refractivity contribution >= 4 is 23.6 Å². The molecule has 0 aliphatic carbocycles. The van der Waals surface area contributed by atoms with Crippen LogP contribution in [0.25, 0.3) is 6.08 Å². The second-order valence-electron chi connectivity index (χ2n) is 7.15. The van der Waals surface area contributed by atoms with E-state index in [1.165, 1.54) is 60.3 Å². The molecule has 0 saturated carbocycles. The van der Waals surface area contributed by atoms with E-state index in [0.29, 0.717) is 5.56 Å². The minimum Gasteiger partial charge on any atom is -0.326 e. The topological polar surface area (TPSA) is 83.8 Å². The monoisotopic (exact) mass is 397 g/mol. The molecule has 8 heteroatoms. The summed E-state index contributed by atoms with van der Waals surface area (Å²) >= 11 is 0. The summed E-state index contributed by atoms with van der Waals surface area (Å²) < 4.78 is 13.2. The maximum absolute atomic E-state index is 13.2. The molecular weight excluding hydrogens is 377 g/mol. The predicted molar refractivity (Wildman–Crippen MR) is 105 cm³/mol. The third-order valence-corrected chi connectivity index (χ3v) is 5.28. The molecule has 1 saturated heterocycles. The molecule has 2 aromatic carbocycles. The summed E-state index contributed by atoms with van der Waals surface area (Å²) in [5.41, 5.74) is -0.347. The maximum atomic E-state index is 13.2. The van der Waals surface area contributed by atoms with Gasteiger partial charge in [-0.3, -0.25) is 19.7 Å². The molecule has 7 nitrogen and oxygen atoms in total. The zero-order valence-corrected chi connectivity index (χ0v) is 16.3. The number of nitro benzene ring substituents is 1. The Morgan fingerprint density at radius 3 is 2.34 bits per heavy atom. The average molecular weight is 397 g/mol. The summed E-state index contributed by atoms with van der Waals surface area (Å²) in [5.74, 6) is -1.16. The first-order chi connectivity index (χ1) is 13.6. The Balaban J connectivity index is 1.99. The van der Waals surface area contributed by atoms with Crippen molar-refractivity contribution in [2.75, 3.05) is 14.1 Å². The number of nitrogens with zero attached hydrogens (tertiary/aromatic N) is 3.